The molecule has 0 bridgehead atoms. The molecule has 1 amide bonds. The molecule has 6 heteroatoms. The minimum Gasteiger partial charge on any atom is -0.493 e. The van der Waals surface area contributed by atoms with E-state index in [4.69, 9.17) is 19.9 Å². The van der Waals surface area contributed by atoms with Gasteiger partial charge in [0, 0.05) is 7.11 Å². The molecule has 0 aliphatic heterocycles. The Balaban J connectivity index is 2.77. The summed E-state index contributed by atoms with van der Waals surface area (Å²) in [5, 5.41) is 2.86. The predicted octanol–water partition coefficient (Wildman–Crippen LogP) is 1.88. The van der Waals surface area contributed by atoms with Crippen molar-refractivity contribution in [3.05, 3.63) is 23.8 Å². The molecule has 0 saturated carbocycles. The van der Waals surface area contributed by atoms with E-state index >= 15 is 0 Å². The van der Waals surface area contributed by atoms with Crippen LogP contribution in [0.3, 0.4) is 0 Å². The van der Waals surface area contributed by atoms with Crippen molar-refractivity contribution in [2.24, 2.45) is 11.7 Å². The first-order valence-electron chi connectivity index (χ1n) is 7.74. The summed E-state index contributed by atoms with van der Waals surface area (Å²) in [6.07, 6.45) is 0. The maximum Gasteiger partial charge on any atom is 0.239 e. The fraction of sp³-hybridized carbons (Fsp3) is 0.588. The molecular formula is C17H28N2O4. The third-order valence-electron chi connectivity index (χ3n) is 3.30. The van der Waals surface area contributed by atoms with Crippen molar-refractivity contribution >= 4 is 5.91 Å². The quantitative estimate of drug-likeness (QED) is 0.725. The fourth-order valence-corrected chi connectivity index (χ4v) is 1.99. The van der Waals surface area contributed by atoms with Crippen LogP contribution in [0.2, 0.25) is 0 Å². The number of hydrogen-bond donors (Lipinski definition) is 2. The predicted molar refractivity (Wildman–Crippen MR) is 89.7 cm³/mol. The molecule has 1 aromatic rings. The highest BCUT2D eigenvalue weighted by Gasteiger charge is 2.17. The Morgan fingerprint density at radius 2 is 1.87 bits per heavy atom. The molecular weight excluding hydrogens is 296 g/mol. The van der Waals surface area contributed by atoms with E-state index in [1.54, 1.807) is 7.11 Å². The van der Waals surface area contributed by atoms with Gasteiger partial charge in [-0.2, -0.15) is 0 Å². The zero-order valence-corrected chi connectivity index (χ0v) is 14.6. The van der Waals surface area contributed by atoms with E-state index in [1.807, 2.05) is 25.1 Å². The van der Waals surface area contributed by atoms with Gasteiger partial charge < -0.3 is 25.3 Å². The number of ether oxygens (including phenoxy) is 3. The molecule has 0 aliphatic rings. The molecule has 6 nitrogen and oxygen atoms in total. The maximum absolute atomic E-state index is 11.9. The van der Waals surface area contributed by atoms with Gasteiger partial charge in [0.1, 0.15) is 6.04 Å². The SMILES string of the molecule is COCC(N)C(=O)NC(C)c1ccc(OCC(C)C)c(OC)c1. The van der Waals surface area contributed by atoms with Gasteiger partial charge in [0.05, 0.1) is 26.4 Å². The lowest BCUT2D eigenvalue weighted by Crippen LogP contribution is -2.44. The number of methoxy groups -OCH3 is 2. The van der Waals surface area contributed by atoms with E-state index < -0.39 is 6.04 Å². The average Bonchev–Trinajstić information content (AvgIpc) is 2.52. The topological polar surface area (TPSA) is 82.8 Å². The van der Waals surface area contributed by atoms with Crippen molar-refractivity contribution in [3.8, 4) is 11.5 Å². The number of rotatable bonds is 9. The molecule has 2 unspecified atom stereocenters. The average molecular weight is 324 g/mol. The summed E-state index contributed by atoms with van der Waals surface area (Å²) in [6, 6.07) is 4.75. The number of amides is 1. The lowest BCUT2D eigenvalue weighted by Gasteiger charge is -2.19. The van der Waals surface area contributed by atoms with E-state index in [0.717, 1.165) is 5.56 Å². The first kappa shape index (κ1) is 19.3. The van der Waals surface area contributed by atoms with Gasteiger partial charge in [-0.05, 0) is 30.5 Å². The van der Waals surface area contributed by atoms with Gasteiger partial charge in [-0.25, -0.2) is 0 Å². The van der Waals surface area contributed by atoms with Crippen LogP contribution in [0.4, 0.5) is 0 Å². The van der Waals surface area contributed by atoms with Crippen LogP contribution >= 0.6 is 0 Å². The smallest absolute Gasteiger partial charge is 0.239 e. The van der Waals surface area contributed by atoms with E-state index in [1.165, 1.54) is 7.11 Å². The van der Waals surface area contributed by atoms with E-state index in [2.05, 4.69) is 19.2 Å². The molecule has 2 atom stereocenters. The molecule has 0 spiro atoms. The molecule has 1 rings (SSSR count). The molecule has 0 fully saturated rings. The standard InChI is InChI=1S/C17H28N2O4/c1-11(2)9-23-15-7-6-13(8-16(15)22-5)12(3)19-17(20)14(18)10-21-4/h6-8,11-12,14H,9-10,18H2,1-5H3,(H,19,20). The molecule has 0 radical (unpaired) electrons. The summed E-state index contributed by atoms with van der Waals surface area (Å²) in [6.45, 7) is 6.86. The number of hydrogen-bond acceptors (Lipinski definition) is 5. The Morgan fingerprint density at radius 1 is 1.17 bits per heavy atom. The Morgan fingerprint density at radius 3 is 2.43 bits per heavy atom. The fourth-order valence-electron chi connectivity index (χ4n) is 1.99. The molecule has 130 valence electrons. The first-order chi connectivity index (χ1) is 10.9. The number of carbonyl (C=O) groups is 1. The highest BCUT2D eigenvalue weighted by atomic mass is 16.5. The van der Waals surface area contributed by atoms with Crippen molar-refractivity contribution in [1.82, 2.24) is 5.32 Å². The highest BCUT2D eigenvalue weighted by molar-refractivity contribution is 5.82. The van der Waals surface area contributed by atoms with Crippen molar-refractivity contribution in [2.45, 2.75) is 32.9 Å². The lowest BCUT2D eigenvalue weighted by molar-refractivity contribution is -0.124. The second-order valence-corrected chi connectivity index (χ2v) is 5.91. The Kier molecular flexibility index (Phi) is 7.85. The Hall–Kier alpha value is -1.79. The van der Waals surface area contributed by atoms with Gasteiger partial charge in [-0.1, -0.05) is 19.9 Å². The van der Waals surface area contributed by atoms with Crippen molar-refractivity contribution in [2.75, 3.05) is 27.4 Å². The number of nitrogens with one attached hydrogen (secondary N) is 1. The summed E-state index contributed by atoms with van der Waals surface area (Å²) in [5.74, 6) is 1.52. The van der Waals surface area contributed by atoms with Crippen LogP contribution in [-0.4, -0.2) is 39.4 Å². The molecule has 0 aliphatic carbocycles. The van der Waals surface area contributed by atoms with Crippen LogP contribution < -0.4 is 20.5 Å². The monoisotopic (exact) mass is 324 g/mol. The second-order valence-electron chi connectivity index (χ2n) is 5.91. The van der Waals surface area contributed by atoms with Gasteiger partial charge in [-0.3, -0.25) is 4.79 Å². The van der Waals surface area contributed by atoms with Gasteiger partial charge in [-0.15, -0.1) is 0 Å². The first-order valence-corrected chi connectivity index (χ1v) is 7.74. The number of nitrogens with two attached hydrogens (primary N) is 1. The molecule has 1 aromatic carbocycles. The van der Waals surface area contributed by atoms with Crippen LogP contribution in [0.1, 0.15) is 32.4 Å². The van der Waals surface area contributed by atoms with Crippen LogP contribution in [0.5, 0.6) is 11.5 Å². The van der Waals surface area contributed by atoms with Gasteiger partial charge in [0.15, 0.2) is 11.5 Å². The van der Waals surface area contributed by atoms with Gasteiger partial charge >= 0.3 is 0 Å². The summed E-state index contributed by atoms with van der Waals surface area (Å²) < 4.78 is 16.0. The van der Waals surface area contributed by atoms with E-state index in [9.17, 15) is 4.79 Å². The third kappa shape index (κ3) is 6.08. The van der Waals surface area contributed by atoms with Gasteiger partial charge in [0.25, 0.3) is 0 Å². The molecule has 0 saturated heterocycles. The maximum atomic E-state index is 11.9. The second kappa shape index (κ2) is 9.37. The number of carbonyl (C=O) groups excluding carboxylic acids is 1. The molecule has 23 heavy (non-hydrogen) atoms. The third-order valence-corrected chi connectivity index (χ3v) is 3.30. The van der Waals surface area contributed by atoms with E-state index in [0.29, 0.717) is 24.0 Å². The number of benzene rings is 1. The normalized spacial score (nSPS) is 13.5. The minimum atomic E-state index is -0.682. The van der Waals surface area contributed by atoms with Crippen LogP contribution in [0, 0.1) is 5.92 Å². The van der Waals surface area contributed by atoms with Crippen molar-refractivity contribution < 1.29 is 19.0 Å². The zero-order chi connectivity index (χ0) is 17.4. The Bertz CT molecular complexity index is 505. The summed E-state index contributed by atoms with van der Waals surface area (Å²) in [5.41, 5.74) is 6.63. The summed E-state index contributed by atoms with van der Waals surface area (Å²) in [7, 11) is 3.11. The zero-order valence-electron chi connectivity index (χ0n) is 14.6. The van der Waals surface area contributed by atoms with E-state index in [-0.39, 0.29) is 18.6 Å². The summed E-state index contributed by atoms with van der Waals surface area (Å²) >= 11 is 0. The van der Waals surface area contributed by atoms with Crippen molar-refractivity contribution in [1.29, 1.82) is 0 Å². The minimum absolute atomic E-state index is 0.184. The van der Waals surface area contributed by atoms with Crippen molar-refractivity contribution in [3.63, 3.8) is 0 Å². The molecule has 0 heterocycles. The largest absolute Gasteiger partial charge is 0.493 e. The summed E-state index contributed by atoms with van der Waals surface area (Å²) in [4.78, 5) is 11.9. The molecule has 0 aromatic heterocycles. The van der Waals surface area contributed by atoms with Gasteiger partial charge in [0.2, 0.25) is 5.91 Å². The van der Waals surface area contributed by atoms with Crippen LogP contribution in [-0.2, 0) is 9.53 Å². The Labute approximate surface area is 138 Å². The lowest BCUT2D eigenvalue weighted by atomic mass is 10.1. The highest BCUT2D eigenvalue weighted by Crippen LogP contribution is 2.30. The van der Waals surface area contributed by atoms with Crippen LogP contribution in [0.15, 0.2) is 18.2 Å². The van der Waals surface area contributed by atoms with Crippen LogP contribution in [0.25, 0.3) is 0 Å². The molecule has 3 N–H and O–H groups in total.